The van der Waals surface area contributed by atoms with Gasteiger partial charge in [-0.3, -0.25) is 0 Å². The number of ether oxygens (including phenoxy) is 1. The zero-order valence-corrected chi connectivity index (χ0v) is 12.2. The average molecular weight is 284 g/mol. The fourth-order valence-electron chi connectivity index (χ4n) is 1.43. The molecule has 0 aliphatic carbocycles. The van der Waals surface area contributed by atoms with E-state index in [0.717, 1.165) is 19.3 Å². The maximum Gasteiger partial charge on any atom is 0.333 e. The van der Waals surface area contributed by atoms with Gasteiger partial charge in [0.15, 0.2) is 0 Å². The van der Waals surface area contributed by atoms with Crippen LogP contribution in [0.15, 0.2) is 23.3 Å². The van der Waals surface area contributed by atoms with E-state index in [1.165, 1.54) is 6.92 Å². The zero-order valence-electron chi connectivity index (χ0n) is 12.2. The highest BCUT2D eigenvalue weighted by atomic mass is 16.5. The van der Waals surface area contributed by atoms with Gasteiger partial charge in [-0.2, -0.15) is 0 Å². The highest BCUT2D eigenvalue weighted by Crippen LogP contribution is 2.04. The van der Waals surface area contributed by atoms with Gasteiger partial charge >= 0.3 is 11.9 Å². The Labute approximate surface area is 119 Å². The number of carbonyl (C=O) groups excluding carboxylic acids is 1. The first-order valence-corrected chi connectivity index (χ1v) is 6.83. The van der Waals surface area contributed by atoms with E-state index in [4.69, 9.17) is 14.9 Å². The monoisotopic (exact) mass is 284 g/mol. The summed E-state index contributed by atoms with van der Waals surface area (Å²) in [6, 6.07) is 0. The van der Waals surface area contributed by atoms with Crippen LogP contribution in [0.1, 0.15) is 46.0 Å². The first kappa shape index (κ1) is 18.4. The van der Waals surface area contributed by atoms with E-state index in [1.54, 1.807) is 13.0 Å². The van der Waals surface area contributed by atoms with Gasteiger partial charge in [-0.25, -0.2) is 9.59 Å². The molecular formula is C15H24O5. The van der Waals surface area contributed by atoms with Crippen molar-refractivity contribution < 1.29 is 24.5 Å². The molecule has 20 heavy (non-hydrogen) atoms. The molecule has 0 fully saturated rings. The van der Waals surface area contributed by atoms with Crippen molar-refractivity contribution in [2.24, 2.45) is 0 Å². The van der Waals surface area contributed by atoms with Crippen LogP contribution in [0, 0.1) is 0 Å². The summed E-state index contributed by atoms with van der Waals surface area (Å²) < 4.78 is 5.07. The van der Waals surface area contributed by atoms with Crippen molar-refractivity contribution in [2.75, 3.05) is 13.2 Å². The third-order valence-electron chi connectivity index (χ3n) is 2.75. The number of hydrogen-bond donors (Lipinski definition) is 2. The molecule has 0 bridgehead atoms. The largest absolute Gasteiger partial charge is 0.478 e. The van der Waals surface area contributed by atoms with Gasteiger partial charge < -0.3 is 14.9 Å². The molecule has 0 aromatic carbocycles. The lowest BCUT2D eigenvalue weighted by atomic mass is 10.2. The molecule has 0 aliphatic heterocycles. The fraction of sp³-hybridized carbons (Fsp3) is 0.600. The molecule has 0 aliphatic rings. The van der Waals surface area contributed by atoms with E-state index in [-0.39, 0.29) is 19.2 Å². The molecule has 0 unspecified atom stereocenters. The number of carbonyl (C=O) groups is 2. The SMILES string of the molecule is CC(=CCCCOC(=O)C(C)=CCCCCO)C(=O)O. The maximum absolute atomic E-state index is 11.6. The normalized spacial score (nSPS) is 12.3. The van der Waals surface area contributed by atoms with Crippen LogP contribution in [0.2, 0.25) is 0 Å². The van der Waals surface area contributed by atoms with Crippen molar-refractivity contribution >= 4 is 11.9 Å². The molecule has 0 saturated heterocycles. The highest BCUT2D eigenvalue weighted by molar-refractivity contribution is 5.87. The van der Waals surface area contributed by atoms with Gasteiger partial charge in [0.2, 0.25) is 0 Å². The molecule has 0 heterocycles. The number of aliphatic hydroxyl groups is 1. The van der Waals surface area contributed by atoms with Gasteiger partial charge in [0.1, 0.15) is 0 Å². The Hall–Kier alpha value is -1.62. The van der Waals surface area contributed by atoms with Gasteiger partial charge in [-0.1, -0.05) is 12.2 Å². The summed E-state index contributed by atoms with van der Waals surface area (Å²) in [6.07, 6.45) is 6.94. The van der Waals surface area contributed by atoms with Crippen molar-refractivity contribution in [1.29, 1.82) is 0 Å². The summed E-state index contributed by atoms with van der Waals surface area (Å²) in [6.45, 7) is 3.69. The van der Waals surface area contributed by atoms with Crippen molar-refractivity contribution in [1.82, 2.24) is 0 Å². The molecule has 114 valence electrons. The van der Waals surface area contributed by atoms with Crippen molar-refractivity contribution in [3.05, 3.63) is 23.3 Å². The van der Waals surface area contributed by atoms with E-state index < -0.39 is 5.97 Å². The number of hydrogen-bond acceptors (Lipinski definition) is 4. The number of aliphatic carboxylic acids is 1. The summed E-state index contributed by atoms with van der Waals surface area (Å²) in [5.74, 6) is -1.27. The molecule has 0 aromatic heterocycles. The van der Waals surface area contributed by atoms with E-state index in [1.807, 2.05) is 6.08 Å². The third-order valence-corrected chi connectivity index (χ3v) is 2.75. The molecule has 2 N–H and O–H groups in total. The van der Waals surface area contributed by atoms with Crippen LogP contribution in [-0.2, 0) is 14.3 Å². The Morgan fingerprint density at radius 1 is 1.00 bits per heavy atom. The van der Waals surface area contributed by atoms with Crippen LogP contribution in [0.25, 0.3) is 0 Å². The van der Waals surface area contributed by atoms with E-state index in [0.29, 0.717) is 24.0 Å². The van der Waals surface area contributed by atoms with Gasteiger partial charge in [0.25, 0.3) is 0 Å². The number of carboxylic acid groups (broad SMARTS) is 1. The molecule has 0 aromatic rings. The summed E-state index contributed by atoms with van der Waals surface area (Å²) in [5, 5.41) is 17.3. The minimum atomic E-state index is -0.927. The standard InChI is InChI=1S/C15H24O5/c1-12(14(17)18)8-5-7-11-20-15(19)13(2)9-4-3-6-10-16/h8-9,16H,3-7,10-11H2,1-2H3,(H,17,18). The average Bonchev–Trinajstić information content (AvgIpc) is 2.42. The van der Waals surface area contributed by atoms with Crippen molar-refractivity contribution in [3.63, 3.8) is 0 Å². The van der Waals surface area contributed by atoms with Gasteiger partial charge in [0.05, 0.1) is 6.61 Å². The summed E-state index contributed by atoms with van der Waals surface area (Å²) in [7, 11) is 0. The van der Waals surface area contributed by atoms with E-state index in [2.05, 4.69) is 0 Å². The van der Waals surface area contributed by atoms with Gasteiger partial charge in [0, 0.05) is 17.8 Å². The number of rotatable bonds is 10. The Balaban J connectivity index is 3.82. The number of esters is 1. The maximum atomic E-state index is 11.6. The number of carboxylic acids is 1. The van der Waals surface area contributed by atoms with Crippen LogP contribution in [0.5, 0.6) is 0 Å². The quantitative estimate of drug-likeness (QED) is 0.366. The Morgan fingerprint density at radius 2 is 1.60 bits per heavy atom. The van der Waals surface area contributed by atoms with E-state index >= 15 is 0 Å². The highest BCUT2D eigenvalue weighted by Gasteiger charge is 2.04. The summed E-state index contributed by atoms with van der Waals surface area (Å²) in [4.78, 5) is 22.1. The molecule has 0 spiro atoms. The Bertz CT molecular complexity index is 368. The predicted octanol–water partition coefficient (Wildman–Crippen LogP) is 2.45. The molecule has 0 radical (unpaired) electrons. The smallest absolute Gasteiger partial charge is 0.333 e. The zero-order chi connectivity index (χ0) is 15.4. The second kappa shape index (κ2) is 11.2. The van der Waals surface area contributed by atoms with Crippen LogP contribution >= 0.6 is 0 Å². The lowest BCUT2D eigenvalue weighted by Crippen LogP contribution is -2.07. The first-order valence-electron chi connectivity index (χ1n) is 6.83. The van der Waals surface area contributed by atoms with Crippen molar-refractivity contribution in [2.45, 2.75) is 46.0 Å². The van der Waals surface area contributed by atoms with Crippen molar-refractivity contribution in [3.8, 4) is 0 Å². The second-order valence-electron chi connectivity index (χ2n) is 4.58. The molecule has 0 saturated carbocycles. The van der Waals surface area contributed by atoms with E-state index in [9.17, 15) is 9.59 Å². The first-order chi connectivity index (χ1) is 9.49. The number of unbranched alkanes of at least 4 members (excludes halogenated alkanes) is 3. The van der Waals surface area contributed by atoms with Crippen LogP contribution in [0.4, 0.5) is 0 Å². The van der Waals surface area contributed by atoms with Crippen LogP contribution in [-0.4, -0.2) is 35.4 Å². The molecular weight excluding hydrogens is 260 g/mol. The Kier molecular flexibility index (Phi) is 10.3. The van der Waals surface area contributed by atoms with Gasteiger partial charge in [-0.15, -0.1) is 0 Å². The molecule has 5 heteroatoms. The van der Waals surface area contributed by atoms with Gasteiger partial charge in [-0.05, 0) is 46.0 Å². The van der Waals surface area contributed by atoms with Crippen LogP contribution in [0.3, 0.4) is 0 Å². The molecule has 0 amide bonds. The minimum absolute atomic E-state index is 0.167. The predicted molar refractivity (Wildman–Crippen MR) is 76.3 cm³/mol. The third kappa shape index (κ3) is 9.33. The fourth-order valence-corrected chi connectivity index (χ4v) is 1.43. The lowest BCUT2D eigenvalue weighted by molar-refractivity contribution is -0.139. The summed E-state index contributed by atoms with van der Waals surface area (Å²) >= 11 is 0. The van der Waals surface area contributed by atoms with Crippen LogP contribution < -0.4 is 0 Å². The number of allylic oxidation sites excluding steroid dienone is 2. The molecule has 0 atom stereocenters. The molecule has 5 nitrogen and oxygen atoms in total. The number of aliphatic hydroxyl groups excluding tert-OH is 1. The minimum Gasteiger partial charge on any atom is -0.478 e. The lowest BCUT2D eigenvalue weighted by Gasteiger charge is -2.04. The second-order valence-corrected chi connectivity index (χ2v) is 4.58. The molecule has 0 rings (SSSR count). The Morgan fingerprint density at radius 3 is 2.20 bits per heavy atom. The summed E-state index contributed by atoms with van der Waals surface area (Å²) in [5.41, 5.74) is 0.872. The topological polar surface area (TPSA) is 83.8 Å².